The predicted octanol–water partition coefficient (Wildman–Crippen LogP) is 3.54. The maximum absolute atomic E-state index is 11.2. The molecule has 0 aliphatic rings. The van der Waals surface area contributed by atoms with Gasteiger partial charge in [0, 0.05) is 22.9 Å². The standard InChI is InChI=1S/C14H15BrN2O2/c1-3-17(4-2)13-11-8-10(15)6-5-9(11)7-12(16-13)14(18)19/h5-8H,3-4H2,1-2H3,(H,18,19). The maximum Gasteiger partial charge on any atom is 0.354 e. The number of aromatic nitrogens is 1. The van der Waals surface area contributed by atoms with Crippen molar-refractivity contribution in [2.75, 3.05) is 18.0 Å². The molecule has 5 heteroatoms. The quantitative estimate of drug-likeness (QED) is 0.935. The van der Waals surface area contributed by atoms with Crippen molar-refractivity contribution in [3.63, 3.8) is 0 Å². The Labute approximate surface area is 120 Å². The number of nitrogens with zero attached hydrogens (tertiary/aromatic N) is 2. The van der Waals surface area contributed by atoms with Crippen molar-refractivity contribution >= 4 is 38.5 Å². The molecule has 1 aromatic heterocycles. The van der Waals surface area contributed by atoms with Crippen LogP contribution in [-0.4, -0.2) is 29.1 Å². The summed E-state index contributed by atoms with van der Waals surface area (Å²) in [6.45, 7) is 5.63. The average Bonchev–Trinajstić information content (AvgIpc) is 2.40. The number of hydrogen-bond donors (Lipinski definition) is 1. The molecular weight excluding hydrogens is 308 g/mol. The first-order chi connectivity index (χ1) is 9.06. The third-order valence-corrected chi connectivity index (χ3v) is 3.55. The smallest absolute Gasteiger partial charge is 0.354 e. The molecule has 0 fully saturated rings. The third-order valence-electron chi connectivity index (χ3n) is 3.06. The van der Waals surface area contributed by atoms with E-state index in [1.165, 1.54) is 0 Å². The molecule has 1 heterocycles. The van der Waals surface area contributed by atoms with E-state index in [-0.39, 0.29) is 5.69 Å². The lowest BCUT2D eigenvalue weighted by molar-refractivity contribution is 0.0691. The van der Waals surface area contributed by atoms with Gasteiger partial charge in [-0.2, -0.15) is 0 Å². The molecule has 1 N–H and O–H groups in total. The lowest BCUT2D eigenvalue weighted by Gasteiger charge is -2.22. The zero-order chi connectivity index (χ0) is 14.0. The lowest BCUT2D eigenvalue weighted by atomic mass is 10.1. The first-order valence-corrected chi connectivity index (χ1v) is 6.94. The van der Waals surface area contributed by atoms with E-state index in [9.17, 15) is 4.79 Å². The molecular formula is C14H15BrN2O2. The van der Waals surface area contributed by atoms with E-state index in [1.807, 2.05) is 32.0 Å². The predicted molar refractivity (Wildman–Crippen MR) is 80.0 cm³/mol. The number of halogens is 1. The van der Waals surface area contributed by atoms with Crippen molar-refractivity contribution in [1.82, 2.24) is 4.98 Å². The Morgan fingerprint density at radius 3 is 2.58 bits per heavy atom. The molecule has 0 aliphatic heterocycles. The molecule has 0 radical (unpaired) electrons. The van der Waals surface area contributed by atoms with E-state index < -0.39 is 5.97 Å². The Morgan fingerprint density at radius 1 is 1.32 bits per heavy atom. The molecule has 0 saturated heterocycles. The van der Waals surface area contributed by atoms with Crippen LogP contribution >= 0.6 is 15.9 Å². The Balaban J connectivity index is 2.75. The molecule has 4 nitrogen and oxygen atoms in total. The number of pyridine rings is 1. The lowest BCUT2D eigenvalue weighted by Crippen LogP contribution is -2.24. The summed E-state index contributed by atoms with van der Waals surface area (Å²) in [5, 5.41) is 11.0. The first kappa shape index (κ1) is 13.8. The second-order valence-electron chi connectivity index (χ2n) is 4.17. The van der Waals surface area contributed by atoms with Crippen LogP contribution in [0.25, 0.3) is 10.8 Å². The highest BCUT2D eigenvalue weighted by Gasteiger charge is 2.14. The van der Waals surface area contributed by atoms with Crippen LogP contribution in [0.15, 0.2) is 28.7 Å². The highest BCUT2D eigenvalue weighted by Crippen LogP contribution is 2.28. The van der Waals surface area contributed by atoms with Crippen molar-refractivity contribution in [3.05, 3.63) is 34.4 Å². The van der Waals surface area contributed by atoms with Gasteiger partial charge in [0.05, 0.1) is 0 Å². The summed E-state index contributed by atoms with van der Waals surface area (Å²) < 4.78 is 0.957. The fourth-order valence-corrected chi connectivity index (χ4v) is 2.44. The van der Waals surface area contributed by atoms with Crippen LogP contribution in [0.4, 0.5) is 5.82 Å². The van der Waals surface area contributed by atoms with E-state index in [4.69, 9.17) is 5.11 Å². The molecule has 1 aromatic carbocycles. The SMILES string of the molecule is CCN(CC)c1nc(C(=O)O)cc2ccc(Br)cc12. The molecule has 19 heavy (non-hydrogen) atoms. The van der Waals surface area contributed by atoms with Crippen molar-refractivity contribution in [2.45, 2.75) is 13.8 Å². The number of rotatable bonds is 4. The number of benzene rings is 1. The molecule has 2 rings (SSSR count). The van der Waals surface area contributed by atoms with Crippen LogP contribution in [0.1, 0.15) is 24.3 Å². The van der Waals surface area contributed by atoms with Gasteiger partial charge in [0.2, 0.25) is 0 Å². The minimum absolute atomic E-state index is 0.0803. The molecule has 0 aliphatic carbocycles. The number of anilines is 1. The summed E-state index contributed by atoms with van der Waals surface area (Å²) in [6.07, 6.45) is 0. The van der Waals surface area contributed by atoms with Crippen molar-refractivity contribution in [2.24, 2.45) is 0 Å². The topological polar surface area (TPSA) is 53.4 Å². The number of carboxylic acid groups (broad SMARTS) is 1. The molecule has 0 unspecified atom stereocenters. The molecule has 0 bridgehead atoms. The molecule has 0 atom stereocenters. The van der Waals surface area contributed by atoms with Gasteiger partial charge in [-0.15, -0.1) is 0 Å². The first-order valence-electron chi connectivity index (χ1n) is 6.15. The highest BCUT2D eigenvalue weighted by atomic mass is 79.9. The summed E-state index contributed by atoms with van der Waals surface area (Å²) in [6, 6.07) is 7.39. The Bertz CT molecular complexity index is 624. The minimum Gasteiger partial charge on any atom is -0.477 e. The fourth-order valence-electron chi connectivity index (χ4n) is 2.08. The van der Waals surface area contributed by atoms with Crippen LogP contribution in [0.5, 0.6) is 0 Å². The molecule has 100 valence electrons. The fraction of sp³-hybridized carbons (Fsp3) is 0.286. The van der Waals surface area contributed by atoms with Crippen LogP contribution in [0, 0.1) is 0 Å². The highest BCUT2D eigenvalue weighted by molar-refractivity contribution is 9.10. The van der Waals surface area contributed by atoms with E-state index in [0.717, 1.165) is 34.2 Å². The summed E-state index contributed by atoms with van der Waals surface area (Å²) in [4.78, 5) is 17.5. The van der Waals surface area contributed by atoms with Gasteiger partial charge in [-0.05, 0) is 37.4 Å². The second-order valence-corrected chi connectivity index (χ2v) is 5.09. The normalized spacial score (nSPS) is 10.7. The average molecular weight is 323 g/mol. The number of hydrogen-bond acceptors (Lipinski definition) is 3. The summed E-state index contributed by atoms with van der Waals surface area (Å²) >= 11 is 3.44. The van der Waals surface area contributed by atoms with Crippen LogP contribution in [0.3, 0.4) is 0 Å². The number of aromatic carboxylic acids is 1. The molecule has 0 saturated carbocycles. The number of carboxylic acids is 1. The van der Waals surface area contributed by atoms with Crippen molar-refractivity contribution < 1.29 is 9.90 Å². The Hall–Kier alpha value is -1.62. The Morgan fingerprint density at radius 2 is 2.00 bits per heavy atom. The summed E-state index contributed by atoms with van der Waals surface area (Å²) in [7, 11) is 0. The molecule has 0 spiro atoms. The van der Waals surface area contributed by atoms with Crippen LogP contribution in [-0.2, 0) is 0 Å². The van der Waals surface area contributed by atoms with Gasteiger partial charge in [0.1, 0.15) is 5.82 Å². The van der Waals surface area contributed by atoms with E-state index in [1.54, 1.807) is 6.07 Å². The zero-order valence-corrected chi connectivity index (χ0v) is 12.4. The zero-order valence-electron chi connectivity index (χ0n) is 10.9. The maximum atomic E-state index is 11.2. The third kappa shape index (κ3) is 2.71. The summed E-state index contributed by atoms with van der Waals surface area (Å²) in [5.41, 5.74) is 0.0803. The number of fused-ring (bicyclic) bond motifs is 1. The van der Waals surface area contributed by atoms with Gasteiger partial charge >= 0.3 is 5.97 Å². The van der Waals surface area contributed by atoms with Gasteiger partial charge in [-0.1, -0.05) is 22.0 Å². The van der Waals surface area contributed by atoms with Crippen LogP contribution < -0.4 is 4.90 Å². The molecule has 0 amide bonds. The van der Waals surface area contributed by atoms with Crippen molar-refractivity contribution in [1.29, 1.82) is 0 Å². The Kier molecular flexibility index (Phi) is 4.04. The summed E-state index contributed by atoms with van der Waals surface area (Å²) in [5.74, 6) is -0.278. The van der Waals surface area contributed by atoms with E-state index in [2.05, 4.69) is 25.8 Å². The van der Waals surface area contributed by atoms with Gasteiger partial charge in [-0.3, -0.25) is 0 Å². The van der Waals surface area contributed by atoms with Gasteiger partial charge in [0.15, 0.2) is 5.69 Å². The van der Waals surface area contributed by atoms with Gasteiger partial charge in [0.25, 0.3) is 0 Å². The minimum atomic E-state index is -1.00. The van der Waals surface area contributed by atoms with E-state index >= 15 is 0 Å². The van der Waals surface area contributed by atoms with E-state index in [0.29, 0.717) is 0 Å². The monoisotopic (exact) mass is 322 g/mol. The van der Waals surface area contributed by atoms with Crippen LogP contribution in [0.2, 0.25) is 0 Å². The number of carbonyl (C=O) groups is 1. The van der Waals surface area contributed by atoms with Crippen molar-refractivity contribution in [3.8, 4) is 0 Å². The second kappa shape index (κ2) is 5.57. The molecule has 2 aromatic rings. The van der Waals surface area contributed by atoms with Gasteiger partial charge in [-0.25, -0.2) is 9.78 Å². The van der Waals surface area contributed by atoms with Gasteiger partial charge < -0.3 is 10.0 Å². The largest absolute Gasteiger partial charge is 0.477 e.